The molecule has 0 atom stereocenters. The maximum Gasteiger partial charge on any atom is 0.330 e. The lowest BCUT2D eigenvalue weighted by molar-refractivity contribution is 0.655. The van der Waals surface area contributed by atoms with Gasteiger partial charge >= 0.3 is 5.69 Å². The van der Waals surface area contributed by atoms with Crippen LogP contribution in [0.5, 0.6) is 0 Å². The molecule has 2 heterocycles. The monoisotopic (exact) mass is 251 g/mol. The fraction of sp³-hybridized carbons (Fsp3) is 0.273. The maximum atomic E-state index is 11.7. The molecule has 0 saturated heterocycles. The first-order valence-electron chi connectivity index (χ1n) is 5.11. The Morgan fingerprint density at radius 1 is 1.29 bits per heavy atom. The van der Waals surface area contributed by atoms with E-state index in [4.69, 9.17) is 0 Å². The van der Waals surface area contributed by atoms with E-state index >= 15 is 0 Å². The lowest BCUT2D eigenvalue weighted by Gasteiger charge is -2.10. The minimum Gasteiger partial charge on any atom is -0.379 e. The summed E-state index contributed by atoms with van der Waals surface area (Å²) >= 11 is 1.59. The van der Waals surface area contributed by atoms with Gasteiger partial charge in [-0.3, -0.25) is 13.9 Å². The third kappa shape index (κ3) is 2.31. The van der Waals surface area contributed by atoms with Crippen LogP contribution in [-0.2, 0) is 20.6 Å². The zero-order chi connectivity index (χ0) is 12.4. The van der Waals surface area contributed by atoms with E-state index in [1.54, 1.807) is 18.4 Å². The van der Waals surface area contributed by atoms with Crippen molar-refractivity contribution in [3.63, 3.8) is 0 Å². The van der Waals surface area contributed by atoms with Crippen LogP contribution in [0.2, 0.25) is 0 Å². The quantitative estimate of drug-likeness (QED) is 0.876. The summed E-state index contributed by atoms with van der Waals surface area (Å²) < 4.78 is 2.56. The summed E-state index contributed by atoms with van der Waals surface area (Å²) in [5, 5.41) is 7.09. The topological polar surface area (TPSA) is 56.0 Å². The molecule has 6 heteroatoms. The van der Waals surface area contributed by atoms with Crippen LogP contribution in [0.3, 0.4) is 0 Å². The second-order valence-corrected chi connectivity index (χ2v) is 4.52. The van der Waals surface area contributed by atoms with E-state index < -0.39 is 0 Å². The molecule has 2 rings (SSSR count). The number of anilines is 1. The van der Waals surface area contributed by atoms with Gasteiger partial charge in [0.2, 0.25) is 0 Å². The number of nitrogens with zero attached hydrogens (tertiary/aromatic N) is 2. The minimum absolute atomic E-state index is 0.282. The highest BCUT2D eigenvalue weighted by Crippen LogP contribution is 2.12. The first kappa shape index (κ1) is 11.7. The van der Waals surface area contributed by atoms with Crippen LogP contribution in [0.15, 0.2) is 32.5 Å². The lowest BCUT2D eigenvalue weighted by atomic mass is 10.3. The zero-order valence-electron chi connectivity index (χ0n) is 9.64. The first-order valence-corrected chi connectivity index (χ1v) is 6.06. The Labute approximate surface area is 102 Å². The van der Waals surface area contributed by atoms with Gasteiger partial charge in [0.1, 0.15) is 0 Å². The van der Waals surface area contributed by atoms with E-state index in [0.717, 1.165) is 10.3 Å². The Morgan fingerprint density at radius 2 is 2.06 bits per heavy atom. The Bertz CT molecular complexity index is 625. The predicted molar refractivity (Wildman–Crippen MR) is 68.6 cm³/mol. The Morgan fingerprint density at radius 3 is 2.71 bits per heavy atom. The molecule has 2 aromatic rings. The highest BCUT2D eigenvalue weighted by Gasteiger charge is 2.05. The molecule has 0 saturated carbocycles. The van der Waals surface area contributed by atoms with Crippen molar-refractivity contribution in [2.24, 2.45) is 14.1 Å². The summed E-state index contributed by atoms with van der Waals surface area (Å²) in [5.41, 5.74) is 1.07. The summed E-state index contributed by atoms with van der Waals surface area (Å²) in [6.07, 6.45) is 0. The Kier molecular flexibility index (Phi) is 3.14. The summed E-state index contributed by atoms with van der Waals surface area (Å²) in [7, 11) is 3.13. The average Bonchev–Trinajstić information content (AvgIpc) is 2.82. The van der Waals surface area contributed by atoms with Crippen LogP contribution >= 0.6 is 11.3 Å². The molecule has 2 aromatic heterocycles. The van der Waals surface area contributed by atoms with Gasteiger partial charge in [0.25, 0.3) is 5.56 Å². The van der Waals surface area contributed by atoms with Crippen LogP contribution in [0.25, 0.3) is 0 Å². The van der Waals surface area contributed by atoms with Gasteiger partial charge in [-0.05, 0) is 11.4 Å². The van der Waals surface area contributed by atoms with Crippen molar-refractivity contribution in [1.82, 2.24) is 9.13 Å². The molecule has 0 radical (unpaired) electrons. The normalized spacial score (nSPS) is 10.5. The van der Waals surface area contributed by atoms with Crippen molar-refractivity contribution in [1.29, 1.82) is 0 Å². The number of rotatable bonds is 3. The molecule has 1 N–H and O–H groups in total. The highest BCUT2D eigenvalue weighted by atomic mass is 32.1. The number of hydrogen-bond acceptors (Lipinski definition) is 4. The molecule has 0 bridgehead atoms. The minimum atomic E-state index is -0.306. The SMILES string of the molecule is Cn1c(CNc2ccsc2)cc(=O)n(C)c1=O. The van der Waals surface area contributed by atoms with Crippen molar-refractivity contribution >= 4 is 17.0 Å². The molecule has 0 fully saturated rings. The molecule has 0 spiro atoms. The van der Waals surface area contributed by atoms with E-state index in [1.807, 2.05) is 16.8 Å². The van der Waals surface area contributed by atoms with E-state index in [0.29, 0.717) is 12.2 Å². The van der Waals surface area contributed by atoms with Gasteiger partial charge in [0.15, 0.2) is 0 Å². The average molecular weight is 251 g/mol. The molecule has 0 amide bonds. The van der Waals surface area contributed by atoms with Crippen molar-refractivity contribution < 1.29 is 0 Å². The maximum absolute atomic E-state index is 11.7. The van der Waals surface area contributed by atoms with Gasteiger partial charge < -0.3 is 5.32 Å². The molecular weight excluding hydrogens is 238 g/mol. The molecule has 90 valence electrons. The van der Waals surface area contributed by atoms with E-state index in [9.17, 15) is 9.59 Å². The molecule has 0 aliphatic heterocycles. The second-order valence-electron chi connectivity index (χ2n) is 3.74. The molecule has 0 aliphatic carbocycles. The molecular formula is C11H13N3O2S. The van der Waals surface area contributed by atoms with Gasteiger partial charge in [-0.15, -0.1) is 0 Å². The summed E-state index contributed by atoms with van der Waals surface area (Å²) in [6.45, 7) is 0.457. The van der Waals surface area contributed by atoms with Crippen molar-refractivity contribution in [2.75, 3.05) is 5.32 Å². The summed E-state index contributed by atoms with van der Waals surface area (Å²) in [4.78, 5) is 23.2. The van der Waals surface area contributed by atoms with Crippen molar-refractivity contribution in [2.45, 2.75) is 6.54 Å². The van der Waals surface area contributed by atoms with Crippen LogP contribution < -0.4 is 16.6 Å². The Balaban J connectivity index is 2.28. The van der Waals surface area contributed by atoms with Gasteiger partial charge in [0.05, 0.1) is 6.54 Å². The number of thiophene rings is 1. The number of nitrogens with one attached hydrogen (secondary N) is 1. The highest BCUT2D eigenvalue weighted by molar-refractivity contribution is 7.08. The smallest absolute Gasteiger partial charge is 0.330 e. The fourth-order valence-electron chi connectivity index (χ4n) is 1.51. The van der Waals surface area contributed by atoms with E-state index in [1.165, 1.54) is 17.7 Å². The summed E-state index contributed by atoms with van der Waals surface area (Å²) in [6, 6.07) is 3.42. The molecule has 5 nitrogen and oxygen atoms in total. The van der Waals surface area contributed by atoms with E-state index in [2.05, 4.69) is 5.32 Å². The first-order chi connectivity index (χ1) is 8.09. The second kappa shape index (κ2) is 4.58. The molecule has 0 aliphatic rings. The lowest BCUT2D eigenvalue weighted by Crippen LogP contribution is -2.38. The third-order valence-corrected chi connectivity index (χ3v) is 3.30. The van der Waals surface area contributed by atoms with Gasteiger partial charge in [-0.25, -0.2) is 4.79 Å². The predicted octanol–water partition coefficient (Wildman–Crippen LogP) is 0.758. The third-order valence-electron chi connectivity index (χ3n) is 2.62. The molecule has 0 aromatic carbocycles. The largest absolute Gasteiger partial charge is 0.379 e. The fourth-order valence-corrected chi connectivity index (χ4v) is 2.12. The number of hydrogen-bond donors (Lipinski definition) is 1. The van der Waals surface area contributed by atoms with Crippen molar-refractivity contribution in [3.8, 4) is 0 Å². The molecule has 17 heavy (non-hydrogen) atoms. The standard InChI is InChI=1S/C11H13N3O2S/c1-13-9(5-10(15)14(2)11(13)16)6-12-8-3-4-17-7-8/h3-5,7,12H,6H2,1-2H3. The van der Waals surface area contributed by atoms with Crippen LogP contribution in [0.4, 0.5) is 5.69 Å². The summed E-state index contributed by atoms with van der Waals surface area (Å²) in [5.74, 6) is 0. The van der Waals surface area contributed by atoms with Gasteiger partial charge in [-0.2, -0.15) is 11.3 Å². The van der Waals surface area contributed by atoms with Crippen LogP contribution in [0, 0.1) is 0 Å². The van der Waals surface area contributed by atoms with E-state index in [-0.39, 0.29) is 11.2 Å². The van der Waals surface area contributed by atoms with Crippen molar-refractivity contribution in [3.05, 3.63) is 49.4 Å². The Hall–Kier alpha value is -1.82. The van der Waals surface area contributed by atoms with Gasteiger partial charge in [-0.1, -0.05) is 0 Å². The molecule has 0 unspecified atom stereocenters. The van der Waals surface area contributed by atoms with Crippen LogP contribution in [-0.4, -0.2) is 9.13 Å². The van der Waals surface area contributed by atoms with Crippen LogP contribution in [0.1, 0.15) is 5.69 Å². The number of aromatic nitrogens is 2. The van der Waals surface area contributed by atoms with Gasteiger partial charge in [0, 0.05) is 36.9 Å². The zero-order valence-corrected chi connectivity index (χ0v) is 10.5.